The van der Waals surface area contributed by atoms with Crippen LogP contribution in [0.5, 0.6) is 0 Å². The third-order valence-corrected chi connectivity index (χ3v) is 1.78. The molecule has 0 saturated carbocycles. The van der Waals surface area contributed by atoms with E-state index in [1.54, 1.807) is 6.92 Å². The van der Waals surface area contributed by atoms with E-state index in [9.17, 15) is 12.3 Å². The summed E-state index contributed by atoms with van der Waals surface area (Å²) in [5.41, 5.74) is 0. The molecule has 0 aliphatic carbocycles. The highest BCUT2D eigenvalue weighted by atomic mass is 32.3. The van der Waals surface area contributed by atoms with Gasteiger partial charge in [0.25, 0.3) is 0 Å². The molecule has 0 fully saturated rings. The molecule has 1 heterocycles. The van der Waals surface area contributed by atoms with E-state index in [2.05, 4.69) is 10.3 Å². The lowest BCUT2D eigenvalue weighted by molar-refractivity contribution is 0.547. The van der Waals surface area contributed by atoms with Crippen LogP contribution in [-0.4, -0.2) is 23.4 Å². The summed E-state index contributed by atoms with van der Waals surface area (Å²) in [7, 11) is -4.69. The van der Waals surface area contributed by atoms with Gasteiger partial charge in [-0.25, -0.2) is 0 Å². The van der Waals surface area contributed by atoms with Crippen molar-refractivity contribution in [1.82, 2.24) is 15.0 Å². The first-order valence-corrected chi connectivity index (χ1v) is 4.27. The SMILES string of the molecule is CCn1cc(S(=O)(=O)F)nn1. The van der Waals surface area contributed by atoms with E-state index >= 15 is 0 Å². The van der Waals surface area contributed by atoms with Crippen molar-refractivity contribution in [3.05, 3.63) is 6.20 Å². The number of aromatic nitrogens is 3. The summed E-state index contributed by atoms with van der Waals surface area (Å²) in [6.45, 7) is 2.20. The van der Waals surface area contributed by atoms with Crippen molar-refractivity contribution >= 4 is 10.2 Å². The fourth-order valence-electron chi connectivity index (χ4n) is 0.547. The van der Waals surface area contributed by atoms with Gasteiger partial charge in [-0.05, 0) is 6.92 Å². The highest BCUT2D eigenvalue weighted by Crippen LogP contribution is 2.05. The highest BCUT2D eigenvalue weighted by Gasteiger charge is 2.15. The van der Waals surface area contributed by atoms with Gasteiger partial charge in [0, 0.05) is 6.54 Å². The van der Waals surface area contributed by atoms with Crippen molar-refractivity contribution in [2.75, 3.05) is 0 Å². The summed E-state index contributed by atoms with van der Waals surface area (Å²) < 4.78 is 33.7. The molecule has 11 heavy (non-hydrogen) atoms. The topological polar surface area (TPSA) is 64.8 Å². The Labute approximate surface area is 63.0 Å². The van der Waals surface area contributed by atoms with Crippen molar-refractivity contribution in [3.8, 4) is 0 Å². The largest absolute Gasteiger partial charge is 0.353 e. The van der Waals surface area contributed by atoms with E-state index in [4.69, 9.17) is 0 Å². The average molecular weight is 179 g/mol. The summed E-state index contributed by atoms with van der Waals surface area (Å²) in [5.74, 6) is 0. The van der Waals surface area contributed by atoms with Crippen molar-refractivity contribution < 1.29 is 12.3 Å². The second-order valence-electron chi connectivity index (χ2n) is 1.85. The van der Waals surface area contributed by atoms with Crippen molar-refractivity contribution in [1.29, 1.82) is 0 Å². The lowest BCUT2D eigenvalue weighted by Gasteiger charge is -1.86. The van der Waals surface area contributed by atoms with Gasteiger partial charge in [-0.3, -0.25) is 4.68 Å². The highest BCUT2D eigenvalue weighted by molar-refractivity contribution is 7.86. The Hall–Kier alpha value is -0.980. The van der Waals surface area contributed by atoms with Crippen LogP contribution in [0.4, 0.5) is 3.89 Å². The van der Waals surface area contributed by atoms with Gasteiger partial charge in [-0.15, -0.1) is 5.10 Å². The van der Waals surface area contributed by atoms with Gasteiger partial charge in [0.15, 0.2) is 0 Å². The smallest absolute Gasteiger partial charge is 0.251 e. The number of hydrogen-bond donors (Lipinski definition) is 0. The van der Waals surface area contributed by atoms with Crippen LogP contribution in [0.25, 0.3) is 0 Å². The predicted molar refractivity (Wildman–Crippen MR) is 34.0 cm³/mol. The molecule has 0 spiro atoms. The van der Waals surface area contributed by atoms with Crippen LogP contribution in [0.2, 0.25) is 0 Å². The molecule has 0 aliphatic rings. The Balaban J connectivity index is 3.09. The maximum absolute atomic E-state index is 12.1. The fourth-order valence-corrected chi connectivity index (χ4v) is 0.929. The van der Waals surface area contributed by atoms with Crippen LogP contribution in [0, 0.1) is 0 Å². The quantitative estimate of drug-likeness (QED) is 0.597. The average Bonchev–Trinajstić information content (AvgIpc) is 2.32. The number of aryl methyl sites for hydroxylation is 1. The second-order valence-corrected chi connectivity index (χ2v) is 3.14. The molecule has 0 unspecified atom stereocenters. The van der Waals surface area contributed by atoms with Crippen LogP contribution < -0.4 is 0 Å². The van der Waals surface area contributed by atoms with Crippen molar-refractivity contribution in [2.45, 2.75) is 18.5 Å². The molecule has 0 amide bonds. The lowest BCUT2D eigenvalue weighted by Crippen LogP contribution is -1.93. The molecular formula is C4H6FN3O2S. The Morgan fingerprint density at radius 2 is 2.36 bits per heavy atom. The molecule has 7 heteroatoms. The third kappa shape index (κ3) is 1.73. The Bertz CT molecular complexity index is 344. The van der Waals surface area contributed by atoms with Gasteiger partial charge in [-0.2, -0.15) is 8.42 Å². The molecule has 0 bridgehead atoms. The minimum Gasteiger partial charge on any atom is -0.251 e. The minimum atomic E-state index is -4.69. The van der Waals surface area contributed by atoms with Crippen LogP contribution in [0.15, 0.2) is 11.2 Å². The summed E-state index contributed by atoms with van der Waals surface area (Å²) in [4.78, 5) is 0. The van der Waals surface area contributed by atoms with E-state index in [1.165, 1.54) is 4.68 Å². The number of hydrogen-bond acceptors (Lipinski definition) is 4. The molecule has 0 aliphatic heterocycles. The van der Waals surface area contributed by atoms with E-state index in [0.717, 1.165) is 6.20 Å². The van der Waals surface area contributed by atoms with Gasteiger partial charge in [0.2, 0.25) is 5.03 Å². The van der Waals surface area contributed by atoms with Crippen LogP contribution in [-0.2, 0) is 16.8 Å². The monoisotopic (exact) mass is 179 g/mol. The zero-order valence-electron chi connectivity index (χ0n) is 5.73. The van der Waals surface area contributed by atoms with Gasteiger partial charge >= 0.3 is 10.2 Å². The number of rotatable bonds is 2. The van der Waals surface area contributed by atoms with Crippen molar-refractivity contribution in [2.24, 2.45) is 0 Å². The summed E-state index contributed by atoms with van der Waals surface area (Å²) in [6.07, 6.45) is 1.04. The van der Waals surface area contributed by atoms with Gasteiger partial charge in [0.05, 0.1) is 6.20 Å². The van der Waals surface area contributed by atoms with Crippen LogP contribution in [0.1, 0.15) is 6.92 Å². The van der Waals surface area contributed by atoms with Crippen molar-refractivity contribution in [3.63, 3.8) is 0 Å². The first-order chi connectivity index (χ1) is 5.04. The van der Waals surface area contributed by atoms with Gasteiger partial charge in [0.1, 0.15) is 0 Å². The Kier molecular flexibility index (Phi) is 1.90. The third-order valence-electron chi connectivity index (χ3n) is 1.09. The number of nitrogens with zero attached hydrogens (tertiary/aromatic N) is 3. The molecular weight excluding hydrogens is 173 g/mol. The summed E-state index contributed by atoms with van der Waals surface area (Å²) >= 11 is 0. The molecule has 0 N–H and O–H groups in total. The zero-order chi connectivity index (χ0) is 8.48. The fraction of sp³-hybridized carbons (Fsp3) is 0.500. The molecule has 5 nitrogen and oxygen atoms in total. The Morgan fingerprint density at radius 1 is 1.73 bits per heavy atom. The lowest BCUT2D eigenvalue weighted by atomic mass is 10.7. The molecule has 0 saturated heterocycles. The molecule has 1 aromatic rings. The van der Waals surface area contributed by atoms with E-state index in [-0.39, 0.29) is 0 Å². The summed E-state index contributed by atoms with van der Waals surface area (Å²) in [5, 5.41) is 5.82. The zero-order valence-corrected chi connectivity index (χ0v) is 6.55. The number of halogens is 1. The summed E-state index contributed by atoms with van der Waals surface area (Å²) in [6, 6.07) is 0. The van der Waals surface area contributed by atoms with Crippen LogP contribution >= 0.6 is 0 Å². The van der Waals surface area contributed by atoms with Crippen LogP contribution in [0.3, 0.4) is 0 Å². The molecule has 62 valence electrons. The first-order valence-electron chi connectivity index (χ1n) is 2.89. The Morgan fingerprint density at radius 3 is 2.64 bits per heavy atom. The van der Waals surface area contributed by atoms with E-state index in [0.29, 0.717) is 6.54 Å². The second kappa shape index (κ2) is 2.57. The standard InChI is InChI=1S/C4H6FN3O2S/c1-2-8-3-4(6-7-8)11(5,9)10/h3H,2H2,1H3. The van der Waals surface area contributed by atoms with E-state index in [1.807, 2.05) is 0 Å². The molecule has 0 atom stereocenters. The normalized spacial score (nSPS) is 11.8. The molecule has 0 aromatic carbocycles. The minimum absolute atomic E-state index is 0.461. The molecule has 1 rings (SSSR count). The first kappa shape index (κ1) is 8.12. The van der Waals surface area contributed by atoms with E-state index < -0.39 is 15.2 Å². The molecule has 1 aromatic heterocycles. The molecule has 0 radical (unpaired) electrons. The predicted octanol–water partition coefficient (Wildman–Crippen LogP) is -0.0438. The maximum Gasteiger partial charge on any atom is 0.353 e. The van der Waals surface area contributed by atoms with Gasteiger partial charge < -0.3 is 0 Å². The maximum atomic E-state index is 12.1. The van der Waals surface area contributed by atoms with Gasteiger partial charge in [-0.1, -0.05) is 9.10 Å².